The standard InChI is InChI=1S/C14H15BrN4O2S/c1-3-21-11-5-4-9(6-10(11)15)7-17-19-13(20)12-8(2)18-14(16)22-12/h4-7H,3H2,1-2H3,(H2,16,18)(H,19,20)/b17-7-. The molecule has 2 rings (SSSR count). The zero-order valence-corrected chi connectivity index (χ0v) is 14.5. The minimum atomic E-state index is -0.326. The number of nitrogens with zero attached hydrogens (tertiary/aromatic N) is 2. The number of rotatable bonds is 5. The highest BCUT2D eigenvalue weighted by Crippen LogP contribution is 2.25. The van der Waals surface area contributed by atoms with E-state index in [1.807, 2.05) is 25.1 Å². The zero-order valence-electron chi connectivity index (χ0n) is 12.1. The van der Waals surface area contributed by atoms with Gasteiger partial charge in [0, 0.05) is 0 Å². The second-order valence-electron chi connectivity index (χ2n) is 4.29. The lowest BCUT2D eigenvalue weighted by Crippen LogP contribution is -2.17. The Morgan fingerprint density at radius 2 is 2.36 bits per heavy atom. The van der Waals surface area contributed by atoms with Crippen LogP contribution in [-0.4, -0.2) is 23.7 Å². The normalized spacial score (nSPS) is 10.9. The number of halogens is 1. The number of hydrogen-bond acceptors (Lipinski definition) is 6. The summed E-state index contributed by atoms with van der Waals surface area (Å²) in [6, 6.07) is 5.54. The van der Waals surface area contributed by atoms with Crippen molar-refractivity contribution in [3.05, 3.63) is 38.8 Å². The molecule has 0 unspecified atom stereocenters. The van der Waals surface area contributed by atoms with Crippen LogP contribution in [0.1, 0.15) is 27.9 Å². The maximum atomic E-state index is 11.9. The van der Waals surface area contributed by atoms with E-state index in [2.05, 4.69) is 31.4 Å². The predicted molar refractivity (Wildman–Crippen MR) is 91.6 cm³/mol. The van der Waals surface area contributed by atoms with Crippen LogP contribution in [0.2, 0.25) is 0 Å². The highest BCUT2D eigenvalue weighted by Gasteiger charge is 2.13. The van der Waals surface area contributed by atoms with Crippen molar-refractivity contribution >= 4 is 44.5 Å². The van der Waals surface area contributed by atoms with Crippen LogP contribution in [0.3, 0.4) is 0 Å². The quantitative estimate of drug-likeness (QED) is 0.614. The number of anilines is 1. The number of nitrogens with one attached hydrogen (secondary N) is 1. The van der Waals surface area contributed by atoms with Gasteiger partial charge in [-0.15, -0.1) is 0 Å². The Hall–Kier alpha value is -1.93. The molecule has 2 aromatic rings. The lowest BCUT2D eigenvalue weighted by atomic mass is 10.2. The molecule has 0 spiro atoms. The predicted octanol–water partition coefficient (Wildman–Crippen LogP) is 2.96. The van der Waals surface area contributed by atoms with Crippen molar-refractivity contribution in [3.63, 3.8) is 0 Å². The Labute approximate surface area is 140 Å². The Balaban J connectivity index is 2.02. The van der Waals surface area contributed by atoms with Crippen molar-refractivity contribution in [2.24, 2.45) is 5.10 Å². The molecule has 22 heavy (non-hydrogen) atoms. The van der Waals surface area contributed by atoms with Crippen molar-refractivity contribution < 1.29 is 9.53 Å². The number of benzene rings is 1. The third kappa shape index (κ3) is 4.05. The Bertz CT molecular complexity index is 715. The fourth-order valence-corrected chi connectivity index (χ4v) is 2.95. The number of hydrogen-bond donors (Lipinski definition) is 2. The van der Waals surface area contributed by atoms with Crippen LogP contribution < -0.4 is 15.9 Å². The summed E-state index contributed by atoms with van der Waals surface area (Å²) >= 11 is 4.56. The van der Waals surface area contributed by atoms with Gasteiger partial charge >= 0.3 is 0 Å². The summed E-state index contributed by atoms with van der Waals surface area (Å²) in [4.78, 5) is 16.4. The number of thiazole rings is 1. The third-order valence-corrected chi connectivity index (χ3v) is 4.26. The van der Waals surface area contributed by atoms with Crippen LogP contribution in [0.15, 0.2) is 27.8 Å². The van der Waals surface area contributed by atoms with E-state index in [0.717, 1.165) is 27.1 Å². The minimum absolute atomic E-state index is 0.326. The number of hydrazone groups is 1. The highest BCUT2D eigenvalue weighted by atomic mass is 79.9. The summed E-state index contributed by atoms with van der Waals surface area (Å²) in [7, 11) is 0. The fraction of sp³-hybridized carbons (Fsp3) is 0.214. The number of amides is 1. The average Bonchev–Trinajstić information content (AvgIpc) is 2.81. The number of carbonyl (C=O) groups is 1. The maximum Gasteiger partial charge on any atom is 0.283 e. The van der Waals surface area contributed by atoms with Crippen molar-refractivity contribution in [3.8, 4) is 5.75 Å². The van der Waals surface area contributed by atoms with Gasteiger partial charge in [-0.2, -0.15) is 5.10 Å². The molecule has 0 radical (unpaired) electrons. The van der Waals surface area contributed by atoms with Crippen LogP contribution in [0, 0.1) is 6.92 Å². The first kappa shape index (κ1) is 16.4. The smallest absolute Gasteiger partial charge is 0.283 e. The van der Waals surface area contributed by atoms with Gasteiger partial charge in [0.2, 0.25) is 0 Å². The van der Waals surface area contributed by atoms with Gasteiger partial charge in [-0.05, 0) is 53.5 Å². The van der Waals surface area contributed by atoms with E-state index in [4.69, 9.17) is 10.5 Å². The van der Waals surface area contributed by atoms with E-state index < -0.39 is 0 Å². The first-order valence-electron chi connectivity index (χ1n) is 6.50. The molecule has 1 amide bonds. The molecule has 0 fully saturated rings. The van der Waals surface area contributed by atoms with Crippen molar-refractivity contribution in [2.45, 2.75) is 13.8 Å². The van der Waals surface area contributed by atoms with Crippen molar-refractivity contribution in [1.82, 2.24) is 10.4 Å². The summed E-state index contributed by atoms with van der Waals surface area (Å²) in [5.74, 6) is 0.437. The monoisotopic (exact) mass is 382 g/mol. The van der Waals surface area contributed by atoms with E-state index >= 15 is 0 Å². The number of ether oxygens (including phenoxy) is 1. The van der Waals surface area contributed by atoms with Gasteiger partial charge in [-0.1, -0.05) is 11.3 Å². The van der Waals surface area contributed by atoms with Gasteiger partial charge in [-0.3, -0.25) is 4.79 Å². The van der Waals surface area contributed by atoms with E-state index in [0.29, 0.717) is 22.3 Å². The molecule has 0 aliphatic rings. The van der Waals surface area contributed by atoms with E-state index in [9.17, 15) is 4.79 Å². The molecule has 1 aromatic heterocycles. The molecule has 1 heterocycles. The van der Waals surface area contributed by atoms with Gasteiger partial charge in [0.05, 0.1) is 23.0 Å². The summed E-state index contributed by atoms with van der Waals surface area (Å²) in [5, 5.41) is 4.30. The van der Waals surface area contributed by atoms with Gasteiger partial charge in [0.15, 0.2) is 5.13 Å². The first-order chi connectivity index (χ1) is 10.5. The number of nitrogen functional groups attached to an aromatic ring is 1. The Morgan fingerprint density at radius 3 is 2.95 bits per heavy atom. The zero-order chi connectivity index (χ0) is 16.1. The van der Waals surface area contributed by atoms with Crippen molar-refractivity contribution in [2.75, 3.05) is 12.3 Å². The van der Waals surface area contributed by atoms with Crippen LogP contribution in [0.4, 0.5) is 5.13 Å². The van der Waals surface area contributed by atoms with Crippen LogP contribution in [0.5, 0.6) is 5.75 Å². The second kappa shape index (κ2) is 7.37. The highest BCUT2D eigenvalue weighted by molar-refractivity contribution is 9.10. The molecule has 0 atom stereocenters. The SMILES string of the molecule is CCOc1ccc(/C=N\NC(=O)c2sc(N)nc2C)cc1Br. The van der Waals surface area contributed by atoms with Crippen molar-refractivity contribution in [1.29, 1.82) is 0 Å². The molecule has 0 saturated carbocycles. The molecule has 0 aliphatic carbocycles. The topological polar surface area (TPSA) is 89.6 Å². The number of aryl methyl sites for hydroxylation is 1. The fourth-order valence-electron chi connectivity index (χ4n) is 1.71. The largest absolute Gasteiger partial charge is 0.493 e. The van der Waals surface area contributed by atoms with E-state index in [1.165, 1.54) is 0 Å². The minimum Gasteiger partial charge on any atom is -0.493 e. The molecule has 0 saturated heterocycles. The van der Waals surface area contributed by atoms with Crippen LogP contribution >= 0.6 is 27.3 Å². The summed E-state index contributed by atoms with van der Waals surface area (Å²) in [6.45, 7) is 4.25. The maximum absolute atomic E-state index is 11.9. The third-order valence-electron chi connectivity index (χ3n) is 2.65. The average molecular weight is 383 g/mol. The summed E-state index contributed by atoms with van der Waals surface area (Å²) in [5.41, 5.74) is 9.45. The molecule has 1 aromatic carbocycles. The Morgan fingerprint density at radius 1 is 1.59 bits per heavy atom. The molecule has 8 heteroatoms. The second-order valence-corrected chi connectivity index (χ2v) is 6.17. The molecular formula is C14H15BrN4O2S. The van der Waals surface area contributed by atoms with Gasteiger partial charge in [0.1, 0.15) is 10.6 Å². The lowest BCUT2D eigenvalue weighted by molar-refractivity contribution is 0.0958. The first-order valence-corrected chi connectivity index (χ1v) is 8.11. The Kier molecular flexibility index (Phi) is 5.51. The van der Waals surface area contributed by atoms with Gasteiger partial charge < -0.3 is 10.5 Å². The summed E-state index contributed by atoms with van der Waals surface area (Å²) in [6.07, 6.45) is 1.55. The molecule has 116 valence electrons. The molecule has 0 aliphatic heterocycles. The van der Waals surface area contributed by atoms with Crippen LogP contribution in [0.25, 0.3) is 0 Å². The molecule has 0 bridgehead atoms. The van der Waals surface area contributed by atoms with Gasteiger partial charge in [0.25, 0.3) is 5.91 Å². The number of nitrogens with two attached hydrogens (primary N) is 1. The lowest BCUT2D eigenvalue weighted by Gasteiger charge is -2.05. The molecule has 6 nitrogen and oxygen atoms in total. The number of aromatic nitrogens is 1. The van der Waals surface area contributed by atoms with E-state index in [-0.39, 0.29) is 5.91 Å². The number of carbonyl (C=O) groups excluding carboxylic acids is 1. The summed E-state index contributed by atoms with van der Waals surface area (Å²) < 4.78 is 6.26. The van der Waals surface area contributed by atoms with Gasteiger partial charge in [-0.25, -0.2) is 10.4 Å². The van der Waals surface area contributed by atoms with Crippen LogP contribution in [-0.2, 0) is 0 Å². The molecule has 3 N–H and O–H groups in total. The molecular weight excluding hydrogens is 368 g/mol. The van der Waals surface area contributed by atoms with E-state index in [1.54, 1.807) is 13.1 Å².